The Morgan fingerprint density at radius 1 is 1.29 bits per heavy atom. The fourth-order valence-electron chi connectivity index (χ4n) is 2.03. The Hall–Kier alpha value is -1.11. The van der Waals surface area contributed by atoms with Gasteiger partial charge in [-0.2, -0.15) is 13.2 Å². The molecule has 0 heterocycles. The van der Waals surface area contributed by atoms with Crippen LogP contribution in [0.15, 0.2) is 24.3 Å². The van der Waals surface area contributed by atoms with E-state index in [4.69, 9.17) is 4.74 Å². The van der Waals surface area contributed by atoms with Gasteiger partial charge in [-0.05, 0) is 25.5 Å². The zero-order chi connectivity index (χ0) is 16.1. The first-order valence-electron chi connectivity index (χ1n) is 6.78. The number of halogens is 3. The van der Waals surface area contributed by atoms with Gasteiger partial charge in [0.2, 0.25) is 0 Å². The summed E-state index contributed by atoms with van der Waals surface area (Å²) in [5, 5.41) is 13.1. The van der Waals surface area contributed by atoms with Crippen LogP contribution in [0.5, 0.6) is 0 Å². The highest BCUT2D eigenvalue weighted by Gasteiger charge is 2.34. The van der Waals surface area contributed by atoms with Gasteiger partial charge in [-0.25, -0.2) is 0 Å². The summed E-state index contributed by atoms with van der Waals surface area (Å²) >= 11 is 0. The predicted octanol–water partition coefficient (Wildman–Crippen LogP) is 3.14. The number of hydrogen-bond donors (Lipinski definition) is 2. The Balaban J connectivity index is 2.75. The quantitative estimate of drug-likeness (QED) is 0.813. The molecule has 0 amide bonds. The van der Waals surface area contributed by atoms with Crippen LogP contribution in [0, 0.1) is 0 Å². The standard InChI is InChI=1S/C15H22F3NO2/c1-11(19-10-14(2,20)8-9-21-3)12-6-4-5-7-13(12)15(16,17)18/h4-7,11,19-20H,8-10H2,1-3H3. The van der Waals surface area contributed by atoms with Crippen LogP contribution in [-0.4, -0.2) is 31.0 Å². The lowest BCUT2D eigenvalue weighted by molar-refractivity contribution is -0.138. The van der Waals surface area contributed by atoms with Gasteiger partial charge in [0, 0.05) is 32.7 Å². The second kappa shape index (κ2) is 7.24. The van der Waals surface area contributed by atoms with Gasteiger partial charge in [0.25, 0.3) is 0 Å². The smallest absolute Gasteiger partial charge is 0.389 e. The van der Waals surface area contributed by atoms with Crippen molar-refractivity contribution in [2.24, 2.45) is 0 Å². The van der Waals surface area contributed by atoms with Gasteiger partial charge >= 0.3 is 6.18 Å². The number of hydrogen-bond acceptors (Lipinski definition) is 3. The number of rotatable bonds is 7. The molecule has 0 bridgehead atoms. The lowest BCUT2D eigenvalue weighted by Crippen LogP contribution is -2.40. The van der Waals surface area contributed by atoms with Crippen LogP contribution in [0.25, 0.3) is 0 Å². The van der Waals surface area contributed by atoms with Crippen LogP contribution in [0.4, 0.5) is 13.2 Å². The molecule has 21 heavy (non-hydrogen) atoms. The minimum absolute atomic E-state index is 0.174. The van der Waals surface area contributed by atoms with E-state index < -0.39 is 23.4 Å². The predicted molar refractivity (Wildman–Crippen MR) is 75.0 cm³/mol. The summed E-state index contributed by atoms with van der Waals surface area (Å²) in [6, 6.07) is 4.94. The Morgan fingerprint density at radius 3 is 2.48 bits per heavy atom. The molecule has 3 nitrogen and oxygen atoms in total. The highest BCUT2D eigenvalue weighted by molar-refractivity contribution is 5.32. The number of methoxy groups -OCH3 is 1. The molecule has 0 aromatic heterocycles. The fourth-order valence-corrected chi connectivity index (χ4v) is 2.03. The molecule has 0 aliphatic rings. The molecule has 2 unspecified atom stereocenters. The molecule has 0 fully saturated rings. The molecule has 120 valence electrons. The number of ether oxygens (including phenoxy) is 1. The van der Waals surface area contributed by atoms with Crippen LogP contribution in [-0.2, 0) is 10.9 Å². The molecule has 0 saturated heterocycles. The van der Waals surface area contributed by atoms with Crippen LogP contribution in [0.1, 0.15) is 37.4 Å². The Kier molecular flexibility index (Phi) is 6.19. The van der Waals surface area contributed by atoms with Gasteiger partial charge in [0.1, 0.15) is 0 Å². The minimum Gasteiger partial charge on any atom is -0.389 e. The van der Waals surface area contributed by atoms with Crippen molar-refractivity contribution in [2.45, 2.75) is 38.1 Å². The number of alkyl halides is 3. The van der Waals surface area contributed by atoms with E-state index in [0.717, 1.165) is 6.07 Å². The molecule has 2 atom stereocenters. The number of nitrogens with one attached hydrogen (secondary N) is 1. The first kappa shape index (κ1) is 17.9. The van der Waals surface area contributed by atoms with Crippen molar-refractivity contribution in [3.63, 3.8) is 0 Å². The summed E-state index contributed by atoms with van der Waals surface area (Å²) in [6.07, 6.45) is -3.98. The van der Waals surface area contributed by atoms with Gasteiger partial charge in [-0.3, -0.25) is 0 Å². The molecule has 0 saturated carbocycles. The normalized spacial score (nSPS) is 16.5. The van der Waals surface area contributed by atoms with Crippen molar-refractivity contribution >= 4 is 0 Å². The first-order valence-corrected chi connectivity index (χ1v) is 6.78. The van der Waals surface area contributed by atoms with E-state index in [1.54, 1.807) is 19.9 Å². The highest BCUT2D eigenvalue weighted by atomic mass is 19.4. The molecule has 2 N–H and O–H groups in total. The first-order chi connectivity index (χ1) is 9.67. The van der Waals surface area contributed by atoms with E-state index in [1.165, 1.54) is 19.2 Å². The molecule has 1 aromatic rings. The van der Waals surface area contributed by atoms with E-state index in [-0.39, 0.29) is 12.1 Å². The SMILES string of the molecule is COCCC(C)(O)CNC(C)c1ccccc1C(F)(F)F. The Morgan fingerprint density at radius 2 is 1.90 bits per heavy atom. The monoisotopic (exact) mass is 305 g/mol. The van der Waals surface area contributed by atoms with Crippen LogP contribution < -0.4 is 5.32 Å². The number of benzene rings is 1. The summed E-state index contributed by atoms with van der Waals surface area (Å²) < 4.78 is 43.8. The molecule has 0 radical (unpaired) electrons. The van der Waals surface area contributed by atoms with E-state index in [9.17, 15) is 18.3 Å². The highest BCUT2D eigenvalue weighted by Crippen LogP contribution is 2.34. The molecular formula is C15H22F3NO2. The van der Waals surface area contributed by atoms with E-state index in [0.29, 0.717) is 13.0 Å². The second-order valence-corrected chi connectivity index (χ2v) is 5.43. The maximum atomic E-state index is 13.0. The summed E-state index contributed by atoms with van der Waals surface area (Å²) in [6.45, 7) is 3.85. The van der Waals surface area contributed by atoms with Gasteiger partial charge in [0.15, 0.2) is 0 Å². The van der Waals surface area contributed by atoms with E-state index in [1.807, 2.05) is 0 Å². The van der Waals surface area contributed by atoms with Crippen molar-refractivity contribution in [3.05, 3.63) is 35.4 Å². The van der Waals surface area contributed by atoms with Crippen LogP contribution in [0.2, 0.25) is 0 Å². The maximum Gasteiger partial charge on any atom is 0.416 e. The molecule has 1 rings (SSSR count). The Labute approximate surface area is 123 Å². The maximum absolute atomic E-state index is 13.0. The topological polar surface area (TPSA) is 41.5 Å². The number of aliphatic hydroxyl groups is 1. The third-order valence-electron chi connectivity index (χ3n) is 3.37. The van der Waals surface area contributed by atoms with Crippen molar-refractivity contribution in [1.82, 2.24) is 5.32 Å². The minimum atomic E-state index is -4.38. The largest absolute Gasteiger partial charge is 0.416 e. The van der Waals surface area contributed by atoms with Crippen molar-refractivity contribution in [3.8, 4) is 0 Å². The average Bonchev–Trinajstić information content (AvgIpc) is 2.42. The van der Waals surface area contributed by atoms with E-state index >= 15 is 0 Å². The van der Waals surface area contributed by atoms with Crippen molar-refractivity contribution in [1.29, 1.82) is 0 Å². The lowest BCUT2D eigenvalue weighted by atomic mass is 9.98. The average molecular weight is 305 g/mol. The summed E-state index contributed by atoms with van der Waals surface area (Å²) in [5.74, 6) is 0. The lowest BCUT2D eigenvalue weighted by Gasteiger charge is -2.27. The summed E-state index contributed by atoms with van der Waals surface area (Å²) in [4.78, 5) is 0. The molecule has 0 spiro atoms. The van der Waals surface area contributed by atoms with Crippen LogP contribution >= 0.6 is 0 Å². The fraction of sp³-hybridized carbons (Fsp3) is 0.600. The molecular weight excluding hydrogens is 283 g/mol. The van der Waals surface area contributed by atoms with Gasteiger partial charge in [0.05, 0.1) is 11.2 Å². The van der Waals surface area contributed by atoms with Gasteiger partial charge in [-0.1, -0.05) is 18.2 Å². The summed E-state index contributed by atoms with van der Waals surface area (Å²) in [7, 11) is 1.53. The van der Waals surface area contributed by atoms with Gasteiger partial charge in [-0.15, -0.1) is 0 Å². The summed E-state index contributed by atoms with van der Waals surface area (Å²) in [5.41, 5.74) is -1.51. The molecule has 0 aliphatic heterocycles. The Bertz CT molecular complexity index is 447. The zero-order valence-corrected chi connectivity index (χ0v) is 12.5. The molecule has 6 heteroatoms. The van der Waals surface area contributed by atoms with Crippen molar-refractivity contribution in [2.75, 3.05) is 20.3 Å². The second-order valence-electron chi connectivity index (χ2n) is 5.43. The molecule has 0 aliphatic carbocycles. The third-order valence-corrected chi connectivity index (χ3v) is 3.37. The van der Waals surface area contributed by atoms with Crippen LogP contribution in [0.3, 0.4) is 0 Å². The van der Waals surface area contributed by atoms with Crippen molar-refractivity contribution < 1.29 is 23.0 Å². The molecule has 1 aromatic carbocycles. The third kappa shape index (κ3) is 5.65. The van der Waals surface area contributed by atoms with E-state index in [2.05, 4.69) is 5.32 Å². The zero-order valence-electron chi connectivity index (χ0n) is 12.5. The van der Waals surface area contributed by atoms with Gasteiger partial charge < -0.3 is 15.2 Å².